The second-order valence-corrected chi connectivity index (χ2v) is 11.1. The van der Waals surface area contributed by atoms with Gasteiger partial charge in [0, 0.05) is 67.8 Å². The third-order valence-electron chi connectivity index (χ3n) is 7.00. The zero-order valence-electron chi connectivity index (χ0n) is 22.4. The predicted octanol–water partition coefficient (Wildman–Crippen LogP) is 4.25. The van der Waals surface area contributed by atoms with Gasteiger partial charge in [-0.25, -0.2) is 18.5 Å². The van der Waals surface area contributed by atoms with Gasteiger partial charge in [0.25, 0.3) is 0 Å². The molecule has 5 rings (SSSR count). The number of pyridine rings is 1. The van der Waals surface area contributed by atoms with Crippen LogP contribution in [0.4, 0.5) is 0 Å². The lowest BCUT2D eigenvalue weighted by Crippen LogP contribution is -2.35. The number of nitrogens with two attached hydrogens (primary N) is 1. The van der Waals surface area contributed by atoms with E-state index in [2.05, 4.69) is 15.1 Å². The molecule has 0 bridgehead atoms. The Kier molecular flexibility index (Phi) is 8.45. The molecule has 214 valence electrons. The number of benzene rings is 2. The summed E-state index contributed by atoms with van der Waals surface area (Å²) in [4.78, 5) is 8.99. The predicted molar refractivity (Wildman–Crippen MR) is 149 cm³/mol. The summed E-state index contributed by atoms with van der Waals surface area (Å²) in [7, 11) is -2.16. The molecule has 0 radical (unpaired) electrons. The van der Waals surface area contributed by atoms with Crippen molar-refractivity contribution in [1.82, 2.24) is 9.97 Å². The molecule has 4 aromatic rings. The minimum absolute atomic E-state index is 0.0000843. The van der Waals surface area contributed by atoms with E-state index in [4.69, 9.17) is 23.8 Å². The van der Waals surface area contributed by atoms with Crippen molar-refractivity contribution in [1.29, 1.82) is 0 Å². The number of oxime groups is 1. The summed E-state index contributed by atoms with van der Waals surface area (Å²) in [5.41, 5.74) is 3.18. The molecule has 3 heterocycles. The first kappa shape index (κ1) is 28.4. The smallest absolute Gasteiger partial charge is 0.238 e. The van der Waals surface area contributed by atoms with E-state index in [0.717, 1.165) is 29.5 Å². The summed E-state index contributed by atoms with van der Waals surface area (Å²) >= 11 is 0. The second-order valence-electron chi connectivity index (χ2n) is 9.57. The molecule has 11 nitrogen and oxygen atoms in total. The number of sulfonamides is 1. The van der Waals surface area contributed by atoms with Crippen molar-refractivity contribution >= 4 is 15.9 Å². The van der Waals surface area contributed by atoms with E-state index in [9.17, 15) is 13.6 Å². The highest BCUT2D eigenvalue weighted by atomic mass is 32.2. The number of hydrogen-bond acceptors (Lipinski definition) is 10. The minimum atomic E-state index is -3.85. The maximum atomic E-state index is 11.7. The van der Waals surface area contributed by atoms with E-state index < -0.39 is 15.6 Å². The molecule has 0 aliphatic carbocycles. The highest BCUT2D eigenvalue weighted by molar-refractivity contribution is 7.89. The average molecular weight is 579 g/mol. The topological polar surface area (TPSA) is 159 Å². The van der Waals surface area contributed by atoms with Crippen LogP contribution in [0.5, 0.6) is 0 Å². The first-order valence-electron chi connectivity index (χ1n) is 12.9. The molecule has 2 aromatic carbocycles. The number of primary sulfonamides is 1. The van der Waals surface area contributed by atoms with Gasteiger partial charge in [0.15, 0.2) is 5.76 Å². The number of ether oxygens (including phenoxy) is 3. The standard InChI is InChI=1S/C29H30N4O7S/c1-37-29(11-13-38-14-12-29)23-15-20(17-31-18-23)19-39-26(33-34)16-25-32-27(21-5-3-2-4-6-21)28(40-25)22-7-9-24(10-8-22)41(30,35)36/h2-10,15,17-18,34H,11-14,16,19H2,1H3,(H2,30,35,36)/b33-26+. The fraction of sp³-hybridized carbons (Fsp3) is 0.276. The average Bonchev–Trinajstić information content (AvgIpc) is 3.43. The Morgan fingerprint density at radius 2 is 1.80 bits per heavy atom. The van der Waals surface area contributed by atoms with Crippen LogP contribution in [0, 0.1) is 0 Å². The molecule has 1 saturated heterocycles. The Labute approximate surface area is 237 Å². The highest BCUT2D eigenvalue weighted by Crippen LogP contribution is 2.36. The first-order valence-corrected chi connectivity index (χ1v) is 14.5. The summed E-state index contributed by atoms with van der Waals surface area (Å²) in [5.74, 6) is 0.664. The van der Waals surface area contributed by atoms with Gasteiger partial charge in [-0.15, -0.1) is 0 Å². The summed E-state index contributed by atoms with van der Waals surface area (Å²) < 4.78 is 46.7. The van der Waals surface area contributed by atoms with Gasteiger partial charge in [-0.2, -0.15) is 0 Å². The molecule has 1 aliphatic rings. The Morgan fingerprint density at radius 3 is 2.46 bits per heavy atom. The quantitative estimate of drug-likeness (QED) is 0.128. The molecule has 1 aliphatic heterocycles. The minimum Gasteiger partial charge on any atom is -0.473 e. The Balaban J connectivity index is 1.36. The number of hydrogen-bond donors (Lipinski definition) is 2. The summed E-state index contributed by atoms with van der Waals surface area (Å²) in [6, 6.07) is 17.4. The van der Waals surface area contributed by atoms with Crippen LogP contribution >= 0.6 is 0 Å². The van der Waals surface area contributed by atoms with Crippen LogP contribution in [-0.4, -0.2) is 49.8 Å². The van der Waals surface area contributed by atoms with E-state index in [1.54, 1.807) is 31.6 Å². The fourth-order valence-corrected chi connectivity index (χ4v) is 5.28. The number of aromatic nitrogens is 2. The highest BCUT2D eigenvalue weighted by Gasteiger charge is 2.35. The van der Waals surface area contributed by atoms with Gasteiger partial charge in [-0.1, -0.05) is 35.5 Å². The Hall–Kier alpha value is -4.10. The van der Waals surface area contributed by atoms with Crippen LogP contribution in [-0.2, 0) is 42.9 Å². The number of oxazole rings is 1. The maximum Gasteiger partial charge on any atom is 0.238 e. The molecule has 0 amide bonds. The van der Waals surface area contributed by atoms with Gasteiger partial charge < -0.3 is 23.8 Å². The summed E-state index contributed by atoms with van der Waals surface area (Å²) in [6.07, 6.45) is 4.88. The van der Waals surface area contributed by atoms with Crippen molar-refractivity contribution in [2.24, 2.45) is 10.3 Å². The van der Waals surface area contributed by atoms with Crippen LogP contribution in [0.2, 0.25) is 0 Å². The molecular formula is C29H30N4O7S. The molecule has 12 heteroatoms. The van der Waals surface area contributed by atoms with Crippen LogP contribution in [0.15, 0.2) is 87.5 Å². The number of methoxy groups -OCH3 is 1. The van der Waals surface area contributed by atoms with Crippen LogP contribution in [0.1, 0.15) is 29.9 Å². The molecule has 41 heavy (non-hydrogen) atoms. The van der Waals surface area contributed by atoms with Crippen LogP contribution in [0.3, 0.4) is 0 Å². The fourth-order valence-electron chi connectivity index (χ4n) is 4.76. The zero-order valence-corrected chi connectivity index (χ0v) is 23.2. The SMILES string of the molecule is COC1(c2cncc(CO/C(Cc3nc(-c4ccccc4)c(-c4ccc(S(N)(=O)=O)cc4)o3)=N/O)c2)CCOCC1. The molecule has 1 fully saturated rings. The lowest BCUT2D eigenvalue weighted by molar-refractivity contribution is -0.0950. The van der Waals surface area contributed by atoms with Gasteiger partial charge in [-0.05, 0) is 30.3 Å². The molecule has 0 saturated carbocycles. The zero-order chi connectivity index (χ0) is 28.9. The monoisotopic (exact) mass is 578 g/mol. The lowest BCUT2D eigenvalue weighted by atomic mass is 9.86. The van der Waals surface area contributed by atoms with Gasteiger partial charge >= 0.3 is 0 Å². The van der Waals surface area contributed by atoms with Crippen molar-refractivity contribution in [2.45, 2.75) is 36.4 Å². The molecule has 0 spiro atoms. The van der Waals surface area contributed by atoms with E-state index >= 15 is 0 Å². The van der Waals surface area contributed by atoms with Crippen LogP contribution in [0.25, 0.3) is 22.6 Å². The van der Waals surface area contributed by atoms with Gasteiger partial charge in [-0.3, -0.25) is 4.98 Å². The van der Waals surface area contributed by atoms with Crippen molar-refractivity contribution in [3.05, 3.63) is 90.1 Å². The van der Waals surface area contributed by atoms with Crippen molar-refractivity contribution in [3.63, 3.8) is 0 Å². The van der Waals surface area contributed by atoms with Crippen molar-refractivity contribution in [3.8, 4) is 22.6 Å². The summed E-state index contributed by atoms with van der Waals surface area (Å²) in [5, 5.41) is 18.3. The number of nitrogens with zero attached hydrogens (tertiary/aromatic N) is 3. The second kappa shape index (κ2) is 12.2. The van der Waals surface area contributed by atoms with E-state index in [1.165, 1.54) is 12.1 Å². The Morgan fingerprint density at radius 1 is 1.07 bits per heavy atom. The van der Waals surface area contributed by atoms with Crippen molar-refractivity contribution in [2.75, 3.05) is 20.3 Å². The van der Waals surface area contributed by atoms with E-state index in [0.29, 0.717) is 30.2 Å². The molecule has 0 atom stereocenters. The maximum absolute atomic E-state index is 11.7. The van der Waals surface area contributed by atoms with E-state index in [-0.39, 0.29) is 29.7 Å². The van der Waals surface area contributed by atoms with Crippen molar-refractivity contribution < 1.29 is 32.3 Å². The molecule has 0 unspecified atom stereocenters. The van der Waals surface area contributed by atoms with Crippen LogP contribution < -0.4 is 5.14 Å². The molecule has 2 aromatic heterocycles. The molecule has 3 N–H and O–H groups in total. The largest absolute Gasteiger partial charge is 0.473 e. The van der Waals surface area contributed by atoms with Gasteiger partial charge in [0.05, 0.1) is 10.5 Å². The third kappa shape index (κ3) is 6.46. The van der Waals surface area contributed by atoms with Gasteiger partial charge in [0.2, 0.25) is 21.8 Å². The number of rotatable bonds is 9. The third-order valence-corrected chi connectivity index (χ3v) is 7.92. The van der Waals surface area contributed by atoms with Gasteiger partial charge in [0.1, 0.15) is 18.7 Å². The molecular weight excluding hydrogens is 548 g/mol. The lowest BCUT2D eigenvalue weighted by Gasteiger charge is -2.36. The first-order chi connectivity index (χ1) is 19.8. The summed E-state index contributed by atoms with van der Waals surface area (Å²) in [6.45, 7) is 1.31. The van der Waals surface area contributed by atoms with E-state index in [1.807, 2.05) is 36.4 Å². The normalized spacial score (nSPS) is 15.5. The Bertz CT molecular complexity index is 1610.